The Balaban J connectivity index is 1.66. The number of hydrogen-bond donors (Lipinski definition) is 3. The van der Waals surface area contributed by atoms with Crippen LogP contribution < -0.4 is 10.9 Å². The fourth-order valence-corrected chi connectivity index (χ4v) is 4.64. The molecular formula is C26H29F3N6O4. The first kappa shape index (κ1) is 28.0. The Morgan fingerprint density at radius 3 is 2.44 bits per heavy atom. The number of aromatic nitrogens is 3. The van der Waals surface area contributed by atoms with E-state index in [-0.39, 0.29) is 23.2 Å². The minimum atomic E-state index is -4.80. The number of piperidine rings is 1. The lowest BCUT2D eigenvalue weighted by Gasteiger charge is -2.41. The fraction of sp³-hybridized carbons (Fsp3) is 0.462. The number of halogens is 3. The van der Waals surface area contributed by atoms with Crippen molar-refractivity contribution in [3.8, 4) is 6.07 Å². The van der Waals surface area contributed by atoms with Crippen LogP contribution in [-0.2, 0) is 10.3 Å². The molecule has 10 nitrogen and oxygen atoms in total. The maximum Gasteiger partial charge on any atom is 0.418 e. The number of alkyl halides is 3. The summed E-state index contributed by atoms with van der Waals surface area (Å²) in [6, 6.07) is 8.83. The third-order valence-corrected chi connectivity index (χ3v) is 6.61. The number of anilines is 2. The second-order valence-electron chi connectivity index (χ2n) is 10.5. The van der Waals surface area contributed by atoms with Crippen LogP contribution in [0.2, 0.25) is 0 Å². The Morgan fingerprint density at radius 2 is 1.87 bits per heavy atom. The van der Waals surface area contributed by atoms with Crippen molar-refractivity contribution in [1.29, 1.82) is 5.26 Å². The number of likely N-dealkylation sites (tertiary alicyclic amines) is 1. The summed E-state index contributed by atoms with van der Waals surface area (Å²) in [5.41, 5.74) is -1.43. The lowest BCUT2D eigenvalue weighted by molar-refractivity contribution is -0.206. The zero-order chi connectivity index (χ0) is 28.6. The van der Waals surface area contributed by atoms with Crippen LogP contribution in [-0.4, -0.2) is 55.7 Å². The molecule has 4 rings (SSSR count). The Kier molecular flexibility index (Phi) is 7.36. The Morgan fingerprint density at radius 1 is 1.23 bits per heavy atom. The summed E-state index contributed by atoms with van der Waals surface area (Å²) in [5, 5.41) is 27.0. The van der Waals surface area contributed by atoms with Crippen LogP contribution in [0.1, 0.15) is 51.7 Å². The number of nitrogens with one attached hydrogen (secondary N) is 2. The molecule has 1 amide bonds. The first-order valence-corrected chi connectivity index (χ1v) is 12.3. The van der Waals surface area contributed by atoms with Crippen LogP contribution in [0.5, 0.6) is 0 Å². The number of amides is 1. The second-order valence-corrected chi connectivity index (χ2v) is 10.5. The van der Waals surface area contributed by atoms with Crippen molar-refractivity contribution >= 4 is 28.5 Å². The molecule has 2 aromatic heterocycles. The Bertz CT molecular complexity index is 1440. The van der Waals surface area contributed by atoms with Crippen molar-refractivity contribution in [2.45, 2.75) is 63.5 Å². The molecule has 0 bridgehead atoms. The van der Waals surface area contributed by atoms with E-state index in [1.165, 1.54) is 18.3 Å². The summed E-state index contributed by atoms with van der Waals surface area (Å²) in [6.07, 6.45) is -5.56. The van der Waals surface area contributed by atoms with Gasteiger partial charge in [-0.1, -0.05) is 12.1 Å². The zero-order valence-corrected chi connectivity index (χ0v) is 21.7. The van der Waals surface area contributed by atoms with Gasteiger partial charge in [0.2, 0.25) is 0 Å². The molecular weight excluding hydrogens is 517 g/mol. The SMILES string of the molecule is CC(C)(C)OC(=O)N1CCC(CC#N)(n2nc(Nc3ccc([C@@H](O)C(F)(F)F)cc3)c3c(=O)[nH]ccc32)CC1. The lowest BCUT2D eigenvalue weighted by Crippen LogP contribution is -2.49. The van der Waals surface area contributed by atoms with Crippen LogP contribution in [0.25, 0.3) is 10.9 Å². The van der Waals surface area contributed by atoms with E-state index in [0.29, 0.717) is 37.1 Å². The summed E-state index contributed by atoms with van der Waals surface area (Å²) < 4.78 is 45.7. The number of rotatable bonds is 5. The molecule has 1 saturated heterocycles. The standard InChI is InChI=1S/C26H29F3N6O4/c1-24(2,3)39-23(38)34-14-10-25(9-12-30,11-15-34)35-18-8-13-31-22(37)19(18)21(33-35)32-17-6-4-16(5-7-17)20(36)26(27,28)29/h4-8,13,20,36H,9-11,14-15H2,1-3H3,(H,31,37)(H,32,33)/t20-/m1/s1. The van der Waals surface area contributed by atoms with Crippen LogP contribution in [0, 0.1) is 11.3 Å². The number of benzene rings is 1. The number of fused-ring (bicyclic) bond motifs is 1. The first-order chi connectivity index (χ1) is 18.2. The van der Waals surface area contributed by atoms with Crippen molar-refractivity contribution in [1.82, 2.24) is 19.7 Å². The first-order valence-electron chi connectivity index (χ1n) is 12.3. The van der Waals surface area contributed by atoms with Crippen LogP contribution in [0.15, 0.2) is 41.3 Å². The van der Waals surface area contributed by atoms with Crippen molar-refractivity contribution in [3.63, 3.8) is 0 Å². The molecule has 0 saturated carbocycles. The highest BCUT2D eigenvalue weighted by Crippen LogP contribution is 2.38. The van der Waals surface area contributed by atoms with E-state index >= 15 is 0 Å². The van der Waals surface area contributed by atoms with E-state index < -0.39 is 35.1 Å². The zero-order valence-electron chi connectivity index (χ0n) is 21.7. The molecule has 3 N–H and O–H groups in total. The number of H-pyrrole nitrogens is 1. The van der Waals surface area contributed by atoms with E-state index in [4.69, 9.17) is 4.74 Å². The summed E-state index contributed by atoms with van der Waals surface area (Å²) in [5.74, 6) is 0.155. The normalized spacial score (nSPS) is 16.5. The van der Waals surface area contributed by atoms with E-state index in [9.17, 15) is 33.1 Å². The molecule has 208 valence electrons. The van der Waals surface area contributed by atoms with Crippen molar-refractivity contribution < 1.29 is 27.8 Å². The summed E-state index contributed by atoms with van der Waals surface area (Å²) >= 11 is 0. The predicted octanol–water partition coefficient (Wildman–Crippen LogP) is 4.70. The molecule has 3 aromatic rings. The van der Waals surface area contributed by atoms with Crippen LogP contribution >= 0.6 is 0 Å². The molecule has 3 heterocycles. The van der Waals surface area contributed by atoms with Gasteiger partial charge in [-0.15, -0.1) is 0 Å². The number of aliphatic hydroxyl groups is 1. The van der Waals surface area contributed by atoms with E-state index in [0.717, 1.165) is 12.1 Å². The molecule has 0 unspecified atom stereocenters. The predicted molar refractivity (Wildman–Crippen MR) is 136 cm³/mol. The Hall–Kier alpha value is -4.05. The summed E-state index contributed by atoms with van der Waals surface area (Å²) in [6.45, 7) is 5.97. The fourth-order valence-electron chi connectivity index (χ4n) is 4.64. The van der Waals surface area contributed by atoms with Gasteiger partial charge in [-0.2, -0.15) is 23.5 Å². The van der Waals surface area contributed by atoms with Crippen molar-refractivity contribution in [2.24, 2.45) is 0 Å². The third kappa shape index (κ3) is 5.85. The van der Waals surface area contributed by atoms with Gasteiger partial charge in [-0.25, -0.2) is 4.79 Å². The van der Waals surface area contributed by atoms with Gasteiger partial charge in [0.1, 0.15) is 11.0 Å². The third-order valence-electron chi connectivity index (χ3n) is 6.61. The number of aliphatic hydroxyl groups excluding tert-OH is 1. The van der Waals surface area contributed by atoms with Gasteiger partial charge < -0.3 is 25.0 Å². The van der Waals surface area contributed by atoms with Crippen molar-refractivity contribution in [2.75, 3.05) is 18.4 Å². The van der Waals surface area contributed by atoms with Gasteiger partial charge in [-0.3, -0.25) is 9.48 Å². The molecule has 0 aliphatic carbocycles. The highest BCUT2D eigenvalue weighted by atomic mass is 19.4. The monoisotopic (exact) mass is 546 g/mol. The van der Waals surface area contributed by atoms with Gasteiger partial charge >= 0.3 is 12.3 Å². The Labute approximate surface area is 222 Å². The number of ether oxygens (including phenoxy) is 1. The van der Waals surface area contributed by atoms with Gasteiger partial charge in [0.15, 0.2) is 11.9 Å². The van der Waals surface area contributed by atoms with Crippen LogP contribution in [0.3, 0.4) is 0 Å². The quantitative estimate of drug-likeness (QED) is 0.422. The molecule has 0 spiro atoms. The molecule has 1 fully saturated rings. The number of carbonyl (C=O) groups excluding carboxylic acids is 1. The molecule has 13 heteroatoms. The number of pyridine rings is 1. The molecule has 1 atom stereocenters. The number of nitrogens with zero attached hydrogens (tertiary/aromatic N) is 4. The minimum absolute atomic E-state index is 0.0716. The van der Waals surface area contributed by atoms with Crippen LogP contribution in [0.4, 0.5) is 29.5 Å². The largest absolute Gasteiger partial charge is 0.444 e. The van der Waals surface area contributed by atoms with E-state index in [1.54, 1.807) is 36.4 Å². The number of hydrogen-bond acceptors (Lipinski definition) is 7. The maximum absolute atomic E-state index is 12.9. The molecule has 0 radical (unpaired) electrons. The lowest BCUT2D eigenvalue weighted by atomic mass is 9.85. The average Bonchev–Trinajstić information content (AvgIpc) is 3.23. The molecule has 1 aromatic carbocycles. The molecule has 1 aliphatic heterocycles. The number of aromatic amines is 1. The van der Waals surface area contributed by atoms with Gasteiger partial charge in [0.05, 0.1) is 23.5 Å². The van der Waals surface area contributed by atoms with Gasteiger partial charge in [0.25, 0.3) is 5.56 Å². The highest BCUT2D eigenvalue weighted by Gasteiger charge is 2.41. The average molecular weight is 547 g/mol. The smallest absolute Gasteiger partial charge is 0.418 e. The topological polar surface area (TPSA) is 136 Å². The van der Waals surface area contributed by atoms with E-state index in [1.807, 2.05) is 0 Å². The maximum atomic E-state index is 12.9. The molecule has 39 heavy (non-hydrogen) atoms. The number of carbonyl (C=O) groups is 1. The number of nitriles is 1. The minimum Gasteiger partial charge on any atom is -0.444 e. The second kappa shape index (κ2) is 10.3. The van der Waals surface area contributed by atoms with E-state index in [2.05, 4.69) is 21.5 Å². The van der Waals surface area contributed by atoms with Gasteiger partial charge in [0, 0.05) is 25.0 Å². The van der Waals surface area contributed by atoms with Crippen molar-refractivity contribution in [3.05, 3.63) is 52.4 Å². The molecule has 1 aliphatic rings. The summed E-state index contributed by atoms with van der Waals surface area (Å²) in [7, 11) is 0. The van der Waals surface area contributed by atoms with Gasteiger partial charge in [-0.05, 0) is 57.4 Å². The highest BCUT2D eigenvalue weighted by molar-refractivity contribution is 5.91. The summed E-state index contributed by atoms with van der Waals surface area (Å²) in [4.78, 5) is 29.6.